The SMILES string of the molecule is Cc1cc(C)cc(OCC(=O)Nc2nnc(-c3ccc(Cl)cc3)o2)c1. The first-order chi connectivity index (χ1) is 12.0. The van der Waals surface area contributed by atoms with Crippen LogP contribution in [0.5, 0.6) is 5.75 Å². The van der Waals surface area contributed by atoms with Crippen LogP contribution in [0.1, 0.15) is 11.1 Å². The van der Waals surface area contributed by atoms with Gasteiger partial charge in [0.25, 0.3) is 5.91 Å². The number of hydrogen-bond acceptors (Lipinski definition) is 5. The molecule has 128 valence electrons. The van der Waals surface area contributed by atoms with E-state index in [4.69, 9.17) is 20.8 Å². The summed E-state index contributed by atoms with van der Waals surface area (Å²) >= 11 is 5.84. The molecule has 2 aromatic carbocycles. The molecule has 0 spiro atoms. The molecule has 1 amide bonds. The summed E-state index contributed by atoms with van der Waals surface area (Å²) in [6, 6.07) is 12.7. The predicted octanol–water partition coefficient (Wildman–Crippen LogP) is 4.02. The van der Waals surface area contributed by atoms with E-state index in [1.54, 1.807) is 24.3 Å². The average molecular weight is 358 g/mol. The van der Waals surface area contributed by atoms with Crippen molar-refractivity contribution in [1.82, 2.24) is 10.2 Å². The number of ether oxygens (including phenoxy) is 1. The summed E-state index contributed by atoms with van der Waals surface area (Å²) in [7, 11) is 0. The summed E-state index contributed by atoms with van der Waals surface area (Å²) in [5.41, 5.74) is 2.85. The van der Waals surface area contributed by atoms with E-state index in [-0.39, 0.29) is 18.5 Å². The van der Waals surface area contributed by atoms with E-state index in [1.165, 1.54) is 0 Å². The third kappa shape index (κ3) is 4.58. The van der Waals surface area contributed by atoms with Gasteiger partial charge >= 0.3 is 6.01 Å². The molecule has 3 rings (SSSR count). The summed E-state index contributed by atoms with van der Waals surface area (Å²) in [6.07, 6.45) is 0. The first kappa shape index (κ1) is 17.0. The second-order valence-electron chi connectivity index (χ2n) is 5.58. The molecule has 1 aromatic heterocycles. The minimum Gasteiger partial charge on any atom is -0.484 e. The number of nitrogens with one attached hydrogen (secondary N) is 1. The third-order valence-corrected chi connectivity index (χ3v) is 3.58. The molecule has 0 fully saturated rings. The molecular formula is C18H16ClN3O3. The smallest absolute Gasteiger partial charge is 0.322 e. The molecule has 0 aliphatic carbocycles. The van der Waals surface area contributed by atoms with Crippen LogP contribution in [-0.4, -0.2) is 22.7 Å². The Hall–Kier alpha value is -2.86. The van der Waals surface area contributed by atoms with Gasteiger partial charge in [-0.15, -0.1) is 5.10 Å². The fraction of sp³-hybridized carbons (Fsp3) is 0.167. The van der Waals surface area contributed by atoms with Crippen molar-refractivity contribution in [3.8, 4) is 17.2 Å². The van der Waals surface area contributed by atoms with Crippen LogP contribution >= 0.6 is 11.6 Å². The van der Waals surface area contributed by atoms with Crippen molar-refractivity contribution in [2.45, 2.75) is 13.8 Å². The molecule has 1 heterocycles. The van der Waals surface area contributed by atoms with E-state index in [2.05, 4.69) is 15.5 Å². The van der Waals surface area contributed by atoms with Gasteiger partial charge in [-0.25, -0.2) is 0 Å². The van der Waals surface area contributed by atoms with Gasteiger partial charge < -0.3 is 9.15 Å². The fourth-order valence-electron chi connectivity index (χ4n) is 2.30. The highest BCUT2D eigenvalue weighted by Crippen LogP contribution is 2.21. The number of amides is 1. The second-order valence-corrected chi connectivity index (χ2v) is 6.02. The van der Waals surface area contributed by atoms with Crippen LogP contribution in [0.2, 0.25) is 5.02 Å². The lowest BCUT2D eigenvalue weighted by Gasteiger charge is -2.07. The summed E-state index contributed by atoms with van der Waals surface area (Å²) in [5, 5.41) is 10.8. The van der Waals surface area contributed by atoms with Crippen molar-refractivity contribution in [1.29, 1.82) is 0 Å². The van der Waals surface area contributed by atoms with Crippen molar-refractivity contribution in [2.24, 2.45) is 0 Å². The Morgan fingerprint density at radius 3 is 2.48 bits per heavy atom. The molecule has 7 heteroatoms. The van der Waals surface area contributed by atoms with E-state index >= 15 is 0 Å². The molecule has 0 aliphatic heterocycles. The van der Waals surface area contributed by atoms with Crippen molar-refractivity contribution < 1.29 is 13.9 Å². The van der Waals surface area contributed by atoms with Crippen molar-refractivity contribution in [2.75, 3.05) is 11.9 Å². The van der Waals surface area contributed by atoms with Gasteiger partial charge in [-0.1, -0.05) is 22.8 Å². The number of carbonyl (C=O) groups is 1. The van der Waals surface area contributed by atoms with Crippen LogP contribution in [0.3, 0.4) is 0 Å². The zero-order valence-corrected chi connectivity index (χ0v) is 14.5. The van der Waals surface area contributed by atoms with Gasteiger partial charge in [0.1, 0.15) is 5.75 Å². The highest BCUT2D eigenvalue weighted by atomic mass is 35.5. The molecule has 0 bridgehead atoms. The Bertz CT molecular complexity index is 871. The van der Waals surface area contributed by atoms with E-state index < -0.39 is 0 Å². The van der Waals surface area contributed by atoms with Crippen LogP contribution in [0.4, 0.5) is 6.01 Å². The van der Waals surface area contributed by atoms with Gasteiger partial charge in [0, 0.05) is 10.6 Å². The Balaban J connectivity index is 1.59. The highest BCUT2D eigenvalue weighted by molar-refractivity contribution is 6.30. The maximum atomic E-state index is 12.0. The molecule has 0 atom stereocenters. The van der Waals surface area contributed by atoms with Crippen LogP contribution in [-0.2, 0) is 4.79 Å². The molecule has 1 N–H and O–H groups in total. The third-order valence-electron chi connectivity index (χ3n) is 3.33. The summed E-state index contributed by atoms with van der Waals surface area (Å²) < 4.78 is 10.9. The lowest BCUT2D eigenvalue weighted by molar-refractivity contribution is -0.118. The van der Waals surface area contributed by atoms with Gasteiger partial charge in [0.05, 0.1) is 0 Å². The predicted molar refractivity (Wildman–Crippen MR) is 94.8 cm³/mol. The number of aryl methyl sites for hydroxylation is 2. The van der Waals surface area contributed by atoms with Gasteiger partial charge in [0.15, 0.2) is 6.61 Å². The maximum absolute atomic E-state index is 12.0. The number of nitrogens with zero attached hydrogens (tertiary/aromatic N) is 2. The number of benzene rings is 2. The molecular weight excluding hydrogens is 342 g/mol. The number of aromatic nitrogens is 2. The minimum absolute atomic E-state index is 0.0129. The molecule has 0 radical (unpaired) electrons. The van der Waals surface area contributed by atoms with E-state index in [0.717, 1.165) is 11.1 Å². The van der Waals surface area contributed by atoms with Gasteiger partial charge in [-0.05, 0) is 61.4 Å². The number of carbonyl (C=O) groups excluding carboxylic acids is 1. The monoisotopic (exact) mass is 357 g/mol. The lowest BCUT2D eigenvalue weighted by Crippen LogP contribution is -2.20. The van der Waals surface area contributed by atoms with Crippen molar-refractivity contribution in [3.63, 3.8) is 0 Å². The number of anilines is 1. The van der Waals surface area contributed by atoms with Crippen LogP contribution in [0, 0.1) is 13.8 Å². The van der Waals surface area contributed by atoms with E-state index in [9.17, 15) is 4.79 Å². The summed E-state index contributed by atoms with van der Waals surface area (Å²) in [6.45, 7) is 3.79. The lowest BCUT2D eigenvalue weighted by atomic mass is 10.1. The molecule has 3 aromatic rings. The topological polar surface area (TPSA) is 77.2 Å². The maximum Gasteiger partial charge on any atom is 0.322 e. The first-order valence-corrected chi connectivity index (χ1v) is 7.98. The second kappa shape index (κ2) is 7.36. The normalized spacial score (nSPS) is 10.5. The standard InChI is InChI=1S/C18H16ClN3O3/c1-11-7-12(2)9-15(8-11)24-10-16(23)20-18-22-21-17(25-18)13-3-5-14(19)6-4-13/h3-9H,10H2,1-2H3,(H,20,22,23). The Labute approximate surface area is 149 Å². The van der Waals surface area contributed by atoms with Crippen LogP contribution in [0.15, 0.2) is 46.9 Å². The molecule has 25 heavy (non-hydrogen) atoms. The van der Waals surface area contributed by atoms with Gasteiger partial charge in [0.2, 0.25) is 5.89 Å². The molecule has 0 saturated carbocycles. The number of rotatable bonds is 5. The molecule has 0 aliphatic rings. The number of halogens is 1. The van der Waals surface area contributed by atoms with Crippen LogP contribution in [0.25, 0.3) is 11.5 Å². The van der Waals surface area contributed by atoms with Gasteiger partial charge in [-0.3, -0.25) is 10.1 Å². The largest absolute Gasteiger partial charge is 0.484 e. The summed E-state index contributed by atoms with van der Waals surface area (Å²) in [4.78, 5) is 12.0. The minimum atomic E-state index is -0.384. The van der Waals surface area contributed by atoms with E-state index in [1.807, 2.05) is 32.0 Å². The Morgan fingerprint density at radius 2 is 1.80 bits per heavy atom. The zero-order valence-electron chi connectivity index (χ0n) is 13.7. The molecule has 0 saturated heterocycles. The Morgan fingerprint density at radius 1 is 1.12 bits per heavy atom. The molecule has 0 unspecified atom stereocenters. The Kier molecular flexibility index (Phi) is 5.00. The quantitative estimate of drug-likeness (QED) is 0.746. The van der Waals surface area contributed by atoms with Crippen molar-refractivity contribution >= 4 is 23.5 Å². The summed E-state index contributed by atoms with van der Waals surface area (Å²) in [5.74, 6) is 0.549. The van der Waals surface area contributed by atoms with Crippen LogP contribution < -0.4 is 10.1 Å². The highest BCUT2D eigenvalue weighted by Gasteiger charge is 2.12. The van der Waals surface area contributed by atoms with Gasteiger partial charge in [-0.2, -0.15) is 0 Å². The first-order valence-electron chi connectivity index (χ1n) is 7.60. The zero-order chi connectivity index (χ0) is 17.8. The van der Waals surface area contributed by atoms with E-state index in [0.29, 0.717) is 22.2 Å². The van der Waals surface area contributed by atoms with Crippen molar-refractivity contribution in [3.05, 3.63) is 58.6 Å². The fourth-order valence-corrected chi connectivity index (χ4v) is 2.43. The number of hydrogen-bond donors (Lipinski definition) is 1. The average Bonchev–Trinajstić information content (AvgIpc) is 3.01. The molecule has 6 nitrogen and oxygen atoms in total.